The molecule has 1 aliphatic rings. The quantitative estimate of drug-likeness (QED) is 0.576. The van der Waals surface area contributed by atoms with Crippen molar-refractivity contribution >= 4 is 21.6 Å². The summed E-state index contributed by atoms with van der Waals surface area (Å²) in [6.45, 7) is 0.728. The third-order valence-corrected chi connectivity index (χ3v) is 8.30. The highest BCUT2D eigenvalue weighted by molar-refractivity contribution is 7.92. The van der Waals surface area contributed by atoms with Gasteiger partial charge in [-0.1, -0.05) is 30.3 Å². The Morgan fingerprint density at radius 3 is 2.21 bits per heavy atom. The number of likely N-dealkylation sites (tertiary alicyclic amines) is 1. The Hall–Kier alpha value is -3.83. The maximum Gasteiger partial charge on any atom is 0.321 e. The summed E-state index contributed by atoms with van der Waals surface area (Å²) in [5.74, 6) is 0.646. The molecule has 1 N–H and O–H groups in total. The molecular weight excluding hydrogens is 450 g/mol. The Bertz CT molecular complexity index is 1310. The molecule has 0 unspecified atom stereocenters. The molecule has 8 heteroatoms. The molecule has 1 saturated heterocycles. The summed E-state index contributed by atoms with van der Waals surface area (Å²) in [4.78, 5) is 14.5. The minimum atomic E-state index is -3.51. The number of rotatable bonds is 5. The van der Waals surface area contributed by atoms with Gasteiger partial charge in [-0.3, -0.25) is 0 Å². The fourth-order valence-corrected chi connectivity index (χ4v) is 5.77. The van der Waals surface area contributed by atoms with Crippen LogP contribution in [0.3, 0.4) is 0 Å². The summed E-state index contributed by atoms with van der Waals surface area (Å²) in [7, 11) is -1.94. The number of urea groups is 1. The van der Waals surface area contributed by atoms with E-state index in [-0.39, 0.29) is 10.9 Å². The zero-order valence-electron chi connectivity index (χ0n) is 18.8. The van der Waals surface area contributed by atoms with Crippen LogP contribution >= 0.6 is 0 Å². The van der Waals surface area contributed by atoms with Crippen LogP contribution in [0.5, 0.6) is 5.75 Å². The van der Waals surface area contributed by atoms with Crippen LogP contribution in [0.1, 0.15) is 18.4 Å². The number of nitriles is 1. The lowest BCUT2D eigenvalue weighted by atomic mass is 10.0. The van der Waals surface area contributed by atoms with E-state index in [4.69, 9.17) is 10.00 Å². The average molecular weight is 476 g/mol. The lowest BCUT2D eigenvalue weighted by Gasteiger charge is -2.31. The fourth-order valence-electron chi connectivity index (χ4n) is 4.04. The molecule has 0 saturated carbocycles. The van der Waals surface area contributed by atoms with Gasteiger partial charge in [-0.05, 0) is 60.4 Å². The van der Waals surface area contributed by atoms with Crippen molar-refractivity contribution in [2.75, 3.05) is 25.5 Å². The number of nitrogens with one attached hydrogen (secondary N) is 1. The van der Waals surface area contributed by atoms with Gasteiger partial charge < -0.3 is 15.0 Å². The average Bonchev–Trinajstić information content (AvgIpc) is 2.89. The number of amides is 2. The molecule has 0 atom stereocenters. The smallest absolute Gasteiger partial charge is 0.321 e. The number of hydrogen-bond acceptors (Lipinski definition) is 5. The van der Waals surface area contributed by atoms with Crippen LogP contribution in [0.15, 0.2) is 77.7 Å². The monoisotopic (exact) mass is 475 g/mol. The molecule has 7 nitrogen and oxygen atoms in total. The van der Waals surface area contributed by atoms with Gasteiger partial charge in [-0.15, -0.1) is 0 Å². The summed E-state index contributed by atoms with van der Waals surface area (Å²) in [5.41, 5.74) is 3.00. The largest absolute Gasteiger partial charge is 0.497 e. The number of sulfone groups is 1. The van der Waals surface area contributed by atoms with Gasteiger partial charge in [-0.2, -0.15) is 5.26 Å². The highest BCUT2D eigenvalue weighted by Gasteiger charge is 2.32. The number of ether oxygens (including phenoxy) is 1. The Kier molecular flexibility index (Phi) is 6.85. The number of hydrogen-bond donors (Lipinski definition) is 1. The summed E-state index contributed by atoms with van der Waals surface area (Å²) in [5, 5.41) is 11.2. The molecule has 2 amide bonds. The van der Waals surface area contributed by atoms with Crippen molar-refractivity contribution in [3.8, 4) is 22.9 Å². The molecule has 0 spiro atoms. The molecule has 4 rings (SSSR count). The first-order valence-corrected chi connectivity index (χ1v) is 12.5. The summed E-state index contributed by atoms with van der Waals surface area (Å²) < 4.78 is 31.5. The van der Waals surface area contributed by atoms with E-state index in [0.717, 1.165) is 11.1 Å². The van der Waals surface area contributed by atoms with Crippen molar-refractivity contribution in [1.82, 2.24) is 4.90 Å². The van der Waals surface area contributed by atoms with Gasteiger partial charge in [0, 0.05) is 24.8 Å². The molecule has 0 aromatic heterocycles. The van der Waals surface area contributed by atoms with Crippen LogP contribution in [0, 0.1) is 11.3 Å². The van der Waals surface area contributed by atoms with Crippen molar-refractivity contribution in [1.29, 1.82) is 5.26 Å². The van der Waals surface area contributed by atoms with Crippen molar-refractivity contribution in [3.05, 3.63) is 78.4 Å². The van der Waals surface area contributed by atoms with Gasteiger partial charge >= 0.3 is 6.03 Å². The molecule has 34 heavy (non-hydrogen) atoms. The van der Waals surface area contributed by atoms with Gasteiger partial charge in [0.25, 0.3) is 0 Å². The van der Waals surface area contributed by atoms with E-state index in [1.807, 2.05) is 12.1 Å². The van der Waals surface area contributed by atoms with Crippen molar-refractivity contribution in [3.63, 3.8) is 0 Å². The van der Waals surface area contributed by atoms with Crippen LogP contribution in [-0.4, -0.2) is 44.8 Å². The van der Waals surface area contributed by atoms with E-state index < -0.39 is 15.1 Å². The zero-order valence-corrected chi connectivity index (χ0v) is 19.6. The molecule has 1 aliphatic heterocycles. The zero-order chi connectivity index (χ0) is 24.1. The number of benzene rings is 3. The van der Waals surface area contributed by atoms with Crippen molar-refractivity contribution < 1.29 is 17.9 Å². The number of carbonyl (C=O) groups is 1. The van der Waals surface area contributed by atoms with Gasteiger partial charge in [0.05, 0.1) is 28.9 Å². The number of carbonyl (C=O) groups excluding carboxylic acids is 1. The summed E-state index contributed by atoms with van der Waals surface area (Å²) in [6.07, 6.45) is 0.760. The SMILES string of the molecule is COc1cccc(NC(=O)N2CCC(S(=O)(=O)c3ccc(-c4ccc(C#N)cc4)cc3)CC2)c1. The Balaban J connectivity index is 1.38. The molecule has 0 bridgehead atoms. The van der Waals surface area contributed by atoms with Crippen LogP contribution in [-0.2, 0) is 9.84 Å². The van der Waals surface area contributed by atoms with E-state index in [9.17, 15) is 13.2 Å². The topological polar surface area (TPSA) is 99.5 Å². The Morgan fingerprint density at radius 2 is 1.62 bits per heavy atom. The Morgan fingerprint density at radius 1 is 1.00 bits per heavy atom. The molecule has 1 fully saturated rings. The first-order chi connectivity index (χ1) is 16.4. The second-order valence-corrected chi connectivity index (χ2v) is 10.3. The predicted octanol–water partition coefficient (Wildman–Crippen LogP) is 4.70. The molecule has 1 heterocycles. The van der Waals surface area contributed by atoms with Crippen LogP contribution < -0.4 is 10.1 Å². The van der Waals surface area contributed by atoms with E-state index in [1.165, 1.54) is 0 Å². The number of piperidine rings is 1. The Labute approximate surface area is 199 Å². The lowest BCUT2D eigenvalue weighted by molar-refractivity contribution is 0.200. The van der Waals surface area contributed by atoms with Crippen molar-refractivity contribution in [2.24, 2.45) is 0 Å². The second-order valence-electron chi connectivity index (χ2n) is 8.11. The van der Waals surface area contributed by atoms with E-state index >= 15 is 0 Å². The lowest BCUT2D eigenvalue weighted by Crippen LogP contribution is -2.44. The third-order valence-electron chi connectivity index (χ3n) is 6.02. The first-order valence-electron chi connectivity index (χ1n) is 10.9. The predicted molar refractivity (Wildman–Crippen MR) is 130 cm³/mol. The molecule has 174 valence electrons. The van der Waals surface area contributed by atoms with Gasteiger partial charge in [0.1, 0.15) is 5.75 Å². The highest BCUT2D eigenvalue weighted by Crippen LogP contribution is 2.28. The van der Waals surface area contributed by atoms with Crippen LogP contribution in [0.2, 0.25) is 0 Å². The summed E-state index contributed by atoms with van der Waals surface area (Å²) in [6, 6.07) is 22.9. The fraction of sp³-hybridized carbons (Fsp3) is 0.231. The molecular formula is C26H25N3O4S. The number of methoxy groups -OCH3 is 1. The molecule has 3 aromatic carbocycles. The minimum Gasteiger partial charge on any atom is -0.497 e. The maximum absolute atomic E-state index is 13.2. The highest BCUT2D eigenvalue weighted by atomic mass is 32.2. The second kappa shape index (κ2) is 9.98. The first kappa shape index (κ1) is 23.3. The van der Waals surface area contributed by atoms with E-state index in [0.29, 0.717) is 42.9 Å². The van der Waals surface area contributed by atoms with Crippen molar-refractivity contribution in [2.45, 2.75) is 23.0 Å². The molecule has 0 aliphatic carbocycles. The summed E-state index contributed by atoms with van der Waals surface area (Å²) >= 11 is 0. The normalized spacial score (nSPS) is 14.3. The minimum absolute atomic E-state index is 0.254. The molecule has 3 aromatic rings. The van der Waals surface area contributed by atoms with Crippen LogP contribution in [0.4, 0.5) is 10.5 Å². The third kappa shape index (κ3) is 5.05. The van der Waals surface area contributed by atoms with Gasteiger partial charge in [-0.25, -0.2) is 13.2 Å². The van der Waals surface area contributed by atoms with E-state index in [1.54, 1.807) is 72.7 Å². The number of anilines is 1. The maximum atomic E-state index is 13.2. The number of nitrogens with zero attached hydrogens (tertiary/aromatic N) is 2. The van der Waals surface area contributed by atoms with Gasteiger partial charge in [0.15, 0.2) is 9.84 Å². The standard InChI is InChI=1S/C26H25N3O4S/c1-33-23-4-2-3-22(17-23)28-26(30)29-15-13-25(14-16-29)34(31,32)24-11-9-21(10-12-24)20-7-5-19(18-27)6-8-20/h2-12,17,25H,13-16H2,1H3,(H,28,30). The molecule has 0 radical (unpaired) electrons. The van der Waals surface area contributed by atoms with Gasteiger partial charge in [0.2, 0.25) is 0 Å². The van der Waals surface area contributed by atoms with E-state index in [2.05, 4.69) is 11.4 Å². The van der Waals surface area contributed by atoms with Crippen LogP contribution in [0.25, 0.3) is 11.1 Å².